The van der Waals surface area contributed by atoms with Crippen LogP contribution in [0.2, 0.25) is 0 Å². The molecule has 1 rings (SSSR count). The van der Waals surface area contributed by atoms with Crippen LogP contribution in [0.25, 0.3) is 0 Å². The van der Waals surface area contributed by atoms with Gasteiger partial charge in [0.1, 0.15) is 0 Å². The molecule has 0 fully saturated rings. The lowest BCUT2D eigenvalue weighted by atomic mass is 10.1. The van der Waals surface area contributed by atoms with Crippen molar-refractivity contribution in [3.8, 4) is 0 Å². The molecule has 0 amide bonds. The molecule has 0 aliphatic heterocycles. The Morgan fingerprint density at radius 3 is 2.54 bits per heavy atom. The van der Waals surface area contributed by atoms with Gasteiger partial charge in [-0.05, 0) is 39.7 Å². The summed E-state index contributed by atoms with van der Waals surface area (Å²) < 4.78 is 0. The van der Waals surface area contributed by atoms with Crippen LogP contribution >= 0.6 is 0 Å². The van der Waals surface area contributed by atoms with Crippen molar-refractivity contribution in [2.75, 3.05) is 0 Å². The number of nitrogens with zero attached hydrogens (tertiary/aromatic N) is 1. The molecule has 0 spiro atoms. The van der Waals surface area contributed by atoms with Gasteiger partial charge in [0, 0.05) is 0 Å². The monoisotopic (exact) mass is 183 g/mol. The van der Waals surface area contributed by atoms with E-state index in [1.165, 1.54) is 0 Å². The normalized spacial score (nSPS) is 17.1. The van der Waals surface area contributed by atoms with E-state index in [1.54, 1.807) is 0 Å². The van der Waals surface area contributed by atoms with Gasteiger partial charge < -0.3 is 0 Å². The molecule has 3 nitrogen and oxygen atoms in total. The van der Waals surface area contributed by atoms with Crippen molar-refractivity contribution in [2.45, 2.75) is 39.2 Å². The fourth-order valence-corrected chi connectivity index (χ4v) is 1.05. The molecule has 3 heteroatoms. The predicted octanol–water partition coefficient (Wildman–Crippen LogP) is 2.64. The topological polar surface area (TPSA) is 32.7 Å². The fourth-order valence-electron chi connectivity index (χ4n) is 1.05. The van der Waals surface area contributed by atoms with Gasteiger partial charge in [0.15, 0.2) is 0 Å². The molecule has 13 heavy (non-hydrogen) atoms. The van der Waals surface area contributed by atoms with Crippen LogP contribution in [0, 0.1) is 0 Å². The lowest BCUT2D eigenvalue weighted by Crippen LogP contribution is -2.30. The molecule has 0 radical (unpaired) electrons. The van der Waals surface area contributed by atoms with Gasteiger partial charge in [0.2, 0.25) is 0 Å². The van der Waals surface area contributed by atoms with Crippen molar-refractivity contribution in [3.63, 3.8) is 0 Å². The Labute approximate surface area is 79.2 Å². The first-order valence-electron chi connectivity index (χ1n) is 4.54. The maximum absolute atomic E-state index is 9.50. The summed E-state index contributed by atoms with van der Waals surface area (Å²) in [5.41, 5.74) is 0.335. The Balaban J connectivity index is 2.52. The van der Waals surface area contributed by atoms with E-state index in [2.05, 4.69) is 0 Å². The van der Waals surface area contributed by atoms with E-state index in [0.717, 1.165) is 18.1 Å². The minimum atomic E-state index is -0.374. The summed E-state index contributed by atoms with van der Waals surface area (Å²) in [6.07, 6.45) is 7.81. The van der Waals surface area contributed by atoms with Gasteiger partial charge in [-0.3, -0.25) is 5.21 Å². The third-order valence-electron chi connectivity index (χ3n) is 1.56. The molecule has 0 unspecified atom stereocenters. The smallest absolute Gasteiger partial charge is 0.0905 e. The quantitative estimate of drug-likeness (QED) is 0.668. The second-order valence-corrected chi connectivity index (χ2v) is 4.09. The first-order valence-corrected chi connectivity index (χ1v) is 4.54. The lowest BCUT2D eigenvalue weighted by molar-refractivity contribution is -0.353. The summed E-state index contributed by atoms with van der Waals surface area (Å²) in [6.45, 7) is 5.68. The molecule has 0 bridgehead atoms. The fraction of sp³-hybridized carbons (Fsp3) is 0.600. The average molecular weight is 183 g/mol. The number of hydrogen-bond acceptors (Lipinski definition) is 3. The van der Waals surface area contributed by atoms with Crippen LogP contribution in [0.3, 0.4) is 0 Å². The van der Waals surface area contributed by atoms with Crippen LogP contribution in [0.5, 0.6) is 0 Å². The highest BCUT2D eigenvalue weighted by molar-refractivity contribution is 5.18. The Morgan fingerprint density at radius 1 is 1.38 bits per heavy atom. The van der Waals surface area contributed by atoms with Crippen LogP contribution in [0.1, 0.15) is 33.6 Å². The molecule has 1 aliphatic rings. The second-order valence-electron chi connectivity index (χ2n) is 4.09. The zero-order valence-corrected chi connectivity index (χ0v) is 8.45. The van der Waals surface area contributed by atoms with Crippen molar-refractivity contribution >= 4 is 0 Å². The zero-order chi connectivity index (χ0) is 9.90. The first-order chi connectivity index (χ1) is 5.99. The lowest BCUT2D eigenvalue weighted by Gasteiger charge is -2.27. The van der Waals surface area contributed by atoms with Gasteiger partial charge in [-0.25, -0.2) is 4.84 Å². The Bertz CT molecular complexity index is 226. The van der Waals surface area contributed by atoms with Crippen LogP contribution < -0.4 is 0 Å². The number of rotatable bonds is 2. The van der Waals surface area contributed by atoms with Crippen molar-refractivity contribution in [1.82, 2.24) is 5.23 Å². The summed E-state index contributed by atoms with van der Waals surface area (Å²) in [6, 6.07) is 0. The largest absolute Gasteiger partial charge is 0.264 e. The third-order valence-corrected chi connectivity index (χ3v) is 1.56. The van der Waals surface area contributed by atoms with E-state index in [9.17, 15) is 5.21 Å². The van der Waals surface area contributed by atoms with Gasteiger partial charge in [-0.2, -0.15) is 0 Å². The summed E-state index contributed by atoms with van der Waals surface area (Å²) >= 11 is 0. The van der Waals surface area contributed by atoms with Crippen molar-refractivity contribution in [1.29, 1.82) is 0 Å². The number of hydrogen-bond donors (Lipinski definition) is 1. The van der Waals surface area contributed by atoms with Crippen LogP contribution in [-0.2, 0) is 4.84 Å². The van der Waals surface area contributed by atoms with Crippen LogP contribution in [0.4, 0.5) is 0 Å². The second kappa shape index (κ2) is 3.94. The van der Waals surface area contributed by atoms with Gasteiger partial charge in [0.05, 0.1) is 11.3 Å². The highest BCUT2D eigenvalue weighted by atomic mass is 16.9. The molecule has 1 aliphatic carbocycles. The average Bonchev–Trinajstić information content (AvgIpc) is 2.03. The van der Waals surface area contributed by atoms with Gasteiger partial charge >= 0.3 is 0 Å². The van der Waals surface area contributed by atoms with Crippen LogP contribution in [0.15, 0.2) is 23.9 Å². The molecule has 0 aromatic rings. The van der Waals surface area contributed by atoms with Crippen molar-refractivity contribution in [2.24, 2.45) is 0 Å². The number of hydroxylamine groups is 2. The summed E-state index contributed by atoms with van der Waals surface area (Å²) in [7, 11) is 0. The Kier molecular flexibility index (Phi) is 3.12. The molecule has 0 heterocycles. The van der Waals surface area contributed by atoms with E-state index in [4.69, 9.17) is 4.84 Å². The van der Waals surface area contributed by atoms with Gasteiger partial charge in [-0.15, -0.1) is 5.23 Å². The van der Waals surface area contributed by atoms with E-state index in [1.807, 2.05) is 39.0 Å². The summed E-state index contributed by atoms with van der Waals surface area (Å²) in [5, 5.41) is 10.3. The molecular weight excluding hydrogens is 166 g/mol. The molecule has 0 saturated carbocycles. The van der Waals surface area contributed by atoms with E-state index in [-0.39, 0.29) is 5.60 Å². The molecule has 0 aromatic carbocycles. The molecular formula is C10H17NO2. The highest BCUT2D eigenvalue weighted by Crippen LogP contribution is 2.17. The van der Waals surface area contributed by atoms with E-state index in [0.29, 0.717) is 5.70 Å². The maximum Gasteiger partial charge on any atom is 0.0905 e. The SMILES string of the molecule is CC(C)(C)ON(O)C1=CCCC=C1. The third kappa shape index (κ3) is 3.61. The molecule has 0 saturated heterocycles. The van der Waals surface area contributed by atoms with Crippen LogP contribution in [-0.4, -0.2) is 16.0 Å². The van der Waals surface area contributed by atoms with Crippen molar-refractivity contribution in [3.05, 3.63) is 23.9 Å². The van der Waals surface area contributed by atoms with Gasteiger partial charge in [0.25, 0.3) is 0 Å². The zero-order valence-electron chi connectivity index (χ0n) is 8.45. The molecule has 0 aromatic heterocycles. The highest BCUT2D eigenvalue weighted by Gasteiger charge is 2.17. The maximum atomic E-state index is 9.50. The summed E-state index contributed by atoms with van der Waals surface area (Å²) in [4.78, 5) is 5.25. The number of allylic oxidation sites excluding steroid dienone is 3. The van der Waals surface area contributed by atoms with E-state index < -0.39 is 0 Å². The minimum absolute atomic E-state index is 0.374. The Morgan fingerprint density at radius 2 is 2.08 bits per heavy atom. The predicted molar refractivity (Wildman–Crippen MR) is 50.9 cm³/mol. The Hall–Kier alpha value is -0.800. The summed E-state index contributed by atoms with van der Waals surface area (Å²) in [5.74, 6) is 0. The molecule has 1 N–H and O–H groups in total. The first kappa shape index (κ1) is 10.3. The molecule has 74 valence electrons. The van der Waals surface area contributed by atoms with E-state index >= 15 is 0 Å². The minimum Gasteiger partial charge on any atom is -0.264 e. The standard InChI is InChI=1S/C10H17NO2/c1-10(2,3)13-11(12)9-7-5-4-6-8-9/h5,7-8,12H,4,6H2,1-3H3. The van der Waals surface area contributed by atoms with Gasteiger partial charge in [-0.1, -0.05) is 12.2 Å². The van der Waals surface area contributed by atoms with Crippen molar-refractivity contribution < 1.29 is 10.0 Å². The molecule has 0 atom stereocenters.